The van der Waals surface area contributed by atoms with Crippen LogP contribution in [0.4, 0.5) is 10.1 Å². The molecule has 1 heterocycles. The number of anilines is 1. The highest BCUT2D eigenvalue weighted by Gasteiger charge is 2.51. The van der Waals surface area contributed by atoms with Gasteiger partial charge in [0.2, 0.25) is 5.66 Å². The number of nitrogens with zero attached hydrogens (tertiary/aromatic N) is 2. The van der Waals surface area contributed by atoms with E-state index in [1.54, 1.807) is 43.4 Å². The zero-order valence-corrected chi connectivity index (χ0v) is 22.2. The summed E-state index contributed by atoms with van der Waals surface area (Å²) in [5.41, 5.74) is 6.37. The van der Waals surface area contributed by atoms with E-state index in [1.165, 1.54) is 24.0 Å². The molecule has 0 fully saturated rings. The molecule has 7 nitrogen and oxygen atoms in total. The predicted octanol–water partition coefficient (Wildman–Crippen LogP) is 4.65. The van der Waals surface area contributed by atoms with Gasteiger partial charge >= 0.3 is 5.97 Å². The van der Waals surface area contributed by atoms with E-state index in [0.29, 0.717) is 35.4 Å². The van der Waals surface area contributed by atoms with Crippen molar-refractivity contribution < 1.29 is 23.5 Å². The third kappa shape index (κ3) is 6.13. The SMILES string of the molecule is CCCC[C@H](OC(C)=O)[C@@H](CC(C)C)C(=O)C1(N)N=C(c2ccc(F)cc2)c2ccccc2N(C)C1=O. The van der Waals surface area contributed by atoms with Crippen LogP contribution in [-0.2, 0) is 19.1 Å². The number of likely N-dealkylation sites (N-methyl/N-ethyl adjacent to an activating group) is 1. The first-order valence-electron chi connectivity index (χ1n) is 12.7. The van der Waals surface area contributed by atoms with Gasteiger partial charge in [-0.1, -0.05) is 51.8 Å². The monoisotopic (exact) mass is 509 g/mol. The summed E-state index contributed by atoms with van der Waals surface area (Å²) in [5.74, 6) is -2.99. The number of unbranched alkanes of at least 4 members (excludes halogenated alkanes) is 1. The quantitative estimate of drug-likeness (QED) is 0.371. The Bertz CT molecular complexity index is 1180. The molecule has 2 aromatic carbocycles. The van der Waals surface area contributed by atoms with Crippen LogP contribution in [0.25, 0.3) is 0 Å². The minimum absolute atomic E-state index is 0.0635. The molecule has 8 heteroatoms. The Morgan fingerprint density at radius 2 is 1.78 bits per heavy atom. The summed E-state index contributed by atoms with van der Waals surface area (Å²) in [4.78, 5) is 46.1. The molecule has 1 amide bonds. The number of esters is 1. The van der Waals surface area contributed by atoms with Crippen molar-refractivity contribution in [1.82, 2.24) is 0 Å². The predicted molar refractivity (Wildman–Crippen MR) is 142 cm³/mol. The fourth-order valence-electron chi connectivity index (χ4n) is 4.78. The van der Waals surface area contributed by atoms with Gasteiger partial charge in [-0.3, -0.25) is 20.1 Å². The number of rotatable bonds is 10. The van der Waals surface area contributed by atoms with Crippen molar-refractivity contribution in [1.29, 1.82) is 0 Å². The molecule has 3 atom stereocenters. The van der Waals surface area contributed by atoms with E-state index in [2.05, 4.69) is 4.99 Å². The minimum Gasteiger partial charge on any atom is -0.462 e. The highest BCUT2D eigenvalue weighted by atomic mass is 19.1. The Hall–Kier alpha value is -3.39. The summed E-state index contributed by atoms with van der Waals surface area (Å²) in [6.45, 7) is 7.23. The fourth-order valence-corrected chi connectivity index (χ4v) is 4.78. The second kappa shape index (κ2) is 11.8. The highest BCUT2D eigenvalue weighted by molar-refractivity contribution is 6.26. The number of hydrogen-bond donors (Lipinski definition) is 1. The van der Waals surface area contributed by atoms with Crippen LogP contribution in [0.2, 0.25) is 0 Å². The number of para-hydroxylation sites is 1. The number of halogens is 1. The molecule has 0 spiro atoms. The molecule has 2 N–H and O–H groups in total. The zero-order valence-electron chi connectivity index (χ0n) is 22.2. The maximum absolute atomic E-state index is 14.3. The lowest BCUT2D eigenvalue weighted by Crippen LogP contribution is -2.61. The summed E-state index contributed by atoms with van der Waals surface area (Å²) >= 11 is 0. The Kier molecular flexibility index (Phi) is 8.97. The Balaban J connectivity index is 2.21. The molecule has 1 aliphatic heterocycles. The number of fused-ring (bicyclic) bond motifs is 1. The van der Waals surface area contributed by atoms with E-state index in [9.17, 15) is 18.8 Å². The summed E-state index contributed by atoms with van der Waals surface area (Å²) < 4.78 is 19.4. The largest absolute Gasteiger partial charge is 0.462 e. The molecule has 2 aromatic rings. The summed E-state index contributed by atoms with van der Waals surface area (Å²) in [7, 11) is 1.55. The molecule has 0 aliphatic carbocycles. The lowest BCUT2D eigenvalue weighted by atomic mass is 9.81. The number of ether oxygens (including phenoxy) is 1. The third-order valence-corrected chi connectivity index (χ3v) is 6.60. The Labute approximate surface area is 217 Å². The normalized spacial score (nSPS) is 19.1. The smallest absolute Gasteiger partial charge is 0.302 e. The number of nitrogens with two attached hydrogens (primary N) is 1. The number of amides is 1. The second-order valence-electron chi connectivity index (χ2n) is 10.0. The van der Waals surface area contributed by atoms with E-state index in [-0.39, 0.29) is 5.92 Å². The van der Waals surface area contributed by atoms with Gasteiger partial charge in [-0.05, 0) is 49.1 Å². The van der Waals surface area contributed by atoms with Crippen LogP contribution in [0.3, 0.4) is 0 Å². The number of aliphatic imine (C=N–C) groups is 1. The van der Waals surface area contributed by atoms with Crippen LogP contribution >= 0.6 is 0 Å². The topological polar surface area (TPSA) is 102 Å². The Morgan fingerprint density at radius 3 is 2.38 bits per heavy atom. The number of benzodiazepines with no additional fused rings is 1. The summed E-state index contributed by atoms with van der Waals surface area (Å²) in [6.07, 6.45) is 1.68. The van der Waals surface area contributed by atoms with E-state index >= 15 is 0 Å². The van der Waals surface area contributed by atoms with Crippen molar-refractivity contribution in [3.63, 3.8) is 0 Å². The average molecular weight is 510 g/mol. The fraction of sp³-hybridized carbons (Fsp3) is 0.448. The van der Waals surface area contributed by atoms with Gasteiger partial charge in [-0.2, -0.15) is 0 Å². The van der Waals surface area contributed by atoms with Crippen LogP contribution in [0, 0.1) is 17.7 Å². The van der Waals surface area contributed by atoms with E-state index in [4.69, 9.17) is 10.5 Å². The number of ketones is 1. The first-order valence-corrected chi connectivity index (χ1v) is 12.7. The Morgan fingerprint density at radius 1 is 1.14 bits per heavy atom. The lowest BCUT2D eigenvalue weighted by molar-refractivity contribution is -0.153. The van der Waals surface area contributed by atoms with Crippen LogP contribution in [0.1, 0.15) is 64.5 Å². The van der Waals surface area contributed by atoms with Crippen molar-refractivity contribution in [2.24, 2.45) is 22.6 Å². The number of Topliss-reactive ketones (excluding diaryl/α,β-unsaturated/α-hetero) is 1. The molecule has 3 rings (SSSR count). The third-order valence-electron chi connectivity index (χ3n) is 6.60. The first kappa shape index (κ1) is 28.2. The molecule has 37 heavy (non-hydrogen) atoms. The molecule has 198 valence electrons. The molecule has 0 aromatic heterocycles. The van der Waals surface area contributed by atoms with Crippen LogP contribution in [0.5, 0.6) is 0 Å². The maximum Gasteiger partial charge on any atom is 0.302 e. The van der Waals surface area contributed by atoms with Gasteiger partial charge in [-0.15, -0.1) is 0 Å². The van der Waals surface area contributed by atoms with Crippen molar-refractivity contribution in [2.45, 2.75) is 65.1 Å². The van der Waals surface area contributed by atoms with E-state index in [0.717, 1.165) is 12.8 Å². The minimum atomic E-state index is -2.28. The van der Waals surface area contributed by atoms with Crippen LogP contribution < -0.4 is 10.6 Å². The van der Waals surface area contributed by atoms with Gasteiger partial charge < -0.3 is 9.64 Å². The van der Waals surface area contributed by atoms with Gasteiger partial charge in [-0.25, -0.2) is 9.38 Å². The summed E-state index contributed by atoms with van der Waals surface area (Å²) in [6, 6.07) is 12.8. The van der Waals surface area contributed by atoms with Crippen molar-refractivity contribution in [3.05, 3.63) is 65.5 Å². The van der Waals surface area contributed by atoms with Crippen molar-refractivity contribution in [3.8, 4) is 0 Å². The molecule has 1 aliphatic rings. The first-order chi connectivity index (χ1) is 17.5. The average Bonchev–Trinajstić information content (AvgIpc) is 2.95. The van der Waals surface area contributed by atoms with Gasteiger partial charge in [0.15, 0.2) is 5.78 Å². The maximum atomic E-state index is 14.3. The zero-order chi connectivity index (χ0) is 27.3. The molecule has 0 saturated carbocycles. The molecule has 0 saturated heterocycles. The number of benzene rings is 2. The van der Waals surface area contributed by atoms with Crippen molar-refractivity contribution in [2.75, 3.05) is 11.9 Å². The van der Waals surface area contributed by atoms with Gasteiger partial charge in [0.05, 0.1) is 17.3 Å². The summed E-state index contributed by atoms with van der Waals surface area (Å²) in [5, 5.41) is 0. The standard InChI is InChI=1S/C29H36FN3O4/c1-6-7-12-25(37-19(4)34)23(17-18(2)3)27(35)29(31)28(36)33(5)24-11-9-8-10-22(24)26(32-29)20-13-15-21(30)16-14-20/h8-11,13-16,18,23,25H,6-7,12,17,31H2,1-5H3/t23-,25+,29?/m1/s1. The number of carbonyl (C=O) groups is 3. The van der Waals surface area contributed by atoms with E-state index < -0.39 is 41.2 Å². The van der Waals surface area contributed by atoms with Gasteiger partial charge in [0.1, 0.15) is 11.9 Å². The van der Waals surface area contributed by atoms with Crippen LogP contribution in [0.15, 0.2) is 53.5 Å². The lowest BCUT2D eigenvalue weighted by Gasteiger charge is -2.33. The molecule has 0 bridgehead atoms. The second-order valence-corrected chi connectivity index (χ2v) is 10.0. The number of hydrogen-bond acceptors (Lipinski definition) is 6. The van der Waals surface area contributed by atoms with E-state index in [1.807, 2.05) is 20.8 Å². The van der Waals surface area contributed by atoms with Gasteiger partial charge in [0.25, 0.3) is 5.91 Å². The molecular formula is C29H36FN3O4. The highest BCUT2D eigenvalue weighted by Crippen LogP contribution is 2.34. The number of carbonyl (C=O) groups excluding carboxylic acids is 3. The molecular weight excluding hydrogens is 473 g/mol. The van der Waals surface area contributed by atoms with Crippen LogP contribution in [-0.4, -0.2) is 42.2 Å². The molecule has 1 unspecified atom stereocenters. The van der Waals surface area contributed by atoms with Gasteiger partial charge in [0, 0.05) is 25.1 Å². The van der Waals surface area contributed by atoms with Crippen molar-refractivity contribution >= 4 is 29.1 Å². The molecule has 0 radical (unpaired) electrons.